The van der Waals surface area contributed by atoms with Gasteiger partial charge in [-0.3, -0.25) is 0 Å². The van der Waals surface area contributed by atoms with Crippen LogP contribution in [0.5, 0.6) is 0 Å². The summed E-state index contributed by atoms with van der Waals surface area (Å²) in [5.41, 5.74) is 7.09. The molecule has 0 unspecified atom stereocenters. The Morgan fingerprint density at radius 3 is 2.81 bits per heavy atom. The smallest absolute Gasteiger partial charge is 0.259 e. The van der Waals surface area contributed by atoms with Crippen LogP contribution in [0.2, 0.25) is 0 Å². The molecule has 0 fully saturated rings. The van der Waals surface area contributed by atoms with Crippen LogP contribution in [0, 0.1) is 6.92 Å². The van der Waals surface area contributed by atoms with Gasteiger partial charge in [-0.1, -0.05) is 19.1 Å². The molecule has 0 spiro atoms. The Kier molecular flexibility index (Phi) is 4.64. The molecule has 0 atom stereocenters. The van der Waals surface area contributed by atoms with Crippen LogP contribution in [-0.2, 0) is 23.1 Å². The number of hydrogen-bond donors (Lipinski definition) is 2. The van der Waals surface area contributed by atoms with E-state index in [1.807, 2.05) is 17.6 Å². The number of benzene rings is 1. The van der Waals surface area contributed by atoms with Gasteiger partial charge in [0.1, 0.15) is 5.82 Å². The molecule has 0 aliphatic rings. The lowest BCUT2D eigenvalue weighted by atomic mass is 10.2. The number of imidazole rings is 1. The Morgan fingerprint density at radius 2 is 2.14 bits per heavy atom. The first-order valence-electron chi connectivity index (χ1n) is 6.80. The zero-order valence-electron chi connectivity index (χ0n) is 12.2. The maximum Gasteiger partial charge on any atom is 0.259 e. The average molecular weight is 308 g/mol. The van der Waals surface area contributed by atoms with Gasteiger partial charge in [0.15, 0.2) is 5.03 Å². The van der Waals surface area contributed by atoms with E-state index in [4.69, 9.17) is 5.73 Å². The molecule has 1 aromatic carbocycles. The van der Waals surface area contributed by atoms with E-state index in [0.29, 0.717) is 11.5 Å². The van der Waals surface area contributed by atoms with Gasteiger partial charge in [0, 0.05) is 25.0 Å². The van der Waals surface area contributed by atoms with Crippen molar-refractivity contribution in [1.29, 1.82) is 0 Å². The Bertz CT molecular complexity index is 722. The number of sulfonamides is 1. The van der Waals surface area contributed by atoms with Gasteiger partial charge >= 0.3 is 0 Å². The van der Waals surface area contributed by atoms with Crippen LogP contribution in [0.3, 0.4) is 0 Å². The predicted molar refractivity (Wildman–Crippen MR) is 82.1 cm³/mol. The lowest BCUT2D eigenvalue weighted by Gasteiger charge is -2.05. The van der Waals surface area contributed by atoms with Crippen molar-refractivity contribution in [1.82, 2.24) is 14.3 Å². The van der Waals surface area contributed by atoms with Crippen molar-refractivity contribution in [2.45, 2.75) is 38.4 Å². The number of nitrogens with one attached hydrogen (secondary N) is 1. The van der Waals surface area contributed by atoms with E-state index in [2.05, 4.69) is 9.71 Å². The Balaban J connectivity index is 2.13. The lowest BCUT2D eigenvalue weighted by Crippen LogP contribution is -2.23. The first-order chi connectivity index (χ1) is 9.92. The molecular weight excluding hydrogens is 288 g/mol. The Hall–Kier alpha value is -1.86. The minimum absolute atomic E-state index is 0.0531. The lowest BCUT2D eigenvalue weighted by molar-refractivity contribution is 0.577. The van der Waals surface area contributed by atoms with Gasteiger partial charge in [0.05, 0.1) is 0 Å². The number of anilines is 1. The Morgan fingerprint density at radius 1 is 1.38 bits per heavy atom. The van der Waals surface area contributed by atoms with Gasteiger partial charge < -0.3 is 10.3 Å². The fraction of sp³-hybridized carbons (Fsp3) is 0.357. The third-order valence-electron chi connectivity index (χ3n) is 3.11. The second kappa shape index (κ2) is 6.28. The van der Waals surface area contributed by atoms with Gasteiger partial charge in [-0.15, -0.1) is 0 Å². The summed E-state index contributed by atoms with van der Waals surface area (Å²) in [5, 5.41) is 0.0531. The molecule has 3 N–H and O–H groups in total. The van der Waals surface area contributed by atoms with Crippen LogP contribution in [0.15, 0.2) is 35.5 Å². The zero-order valence-corrected chi connectivity index (χ0v) is 13.0. The highest BCUT2D eigenvalue weighted by Gasteiger charge is 2.18. The highest BCUT2D eigenvalue weighted by Crippen LogP contribution is 2.11. The first-order valence-corrected chi connectivity index (χ1v) is 8.28. The summed E-state index contributed by atoms with van der Waals surface area (Å²) in [4.78, 5) is 4.12. The van der Waals surface area contributed by atoms with E-state index in [1.165, 1.54) is 0 Å². The molecule has 2 aromatic rings. The van der Waals surface area contributed by atoms with Crippen molar-refractivity contribution < 1.29 is 8.42 Å². The highest BCUT2D eigenvalue weighted by atomic mass is 32.2. The van der Waals surface area contributed by atoms with E-state index in [-0.39, 0.29) is 11.6 Å². The van der Waals surface area contributed by atoms with Crippen molar-refractivity contribution in [3.05, 3.63) is 41.9 Å². The van der Waals surface area contributed by atoms with Crippen LogP contribution in [0.4, 0.5) is 5.69 Å². The van der Waals surface area contributed by atoms with Crippen molar-refractivity contribution >= 4 is 15.7 Å². The number of nitrogen functional groups attached to an aromatic ring is 1. The van der Waals surface area contributed by atoms with E-state index < -0.39 is 10.0 Å². The van der Waals surface area contributed by atoms with E-state index >= 15 is 0 Å². The largest absolute Gasteiger partial charge is 0.399 e. The standard InChI is InChI=1S/C14H20N4O2S/c1-3-7-18-10-14(17-11(18)2)21(19,20)16-9-12-5-4-6-13(15)8-12/h4-6,8,10,16H,3,7,9,15H2,1-2H3. The molecule has 0 amide bonds. The summed E-state index contributed by atoms with van der Waals surface area (Å²) >= 11 is 0. The predicted octanol–water partition coefficient (Wildman–Crippen LogP) is 1.66. The molecule has 7 heteroatoms. The SMILES string of the molecule is CCCn1cc(S(=O)(=O)NCc2cccc(N)c2)nc1C. The fourth-order valence-corrected chi connectivity index (χ4v) is 3.05. The van der Waals surface area contributed by atoms with Crippen molar-refractivity contribution in [3.8, 4) is 0 Å². The summed E-state index contributed by atoms with van der Waals surface area (Å²) in [5.74, 6) is 0.696. The van der Waals surface area contributed by atoms with Crippen LogP contribution < -0.4 is 10.5 Å². The molecule has 1 heterocycles. The molecule has 0 aliphatic heterocycles. The normalized spacial score (nSPS) is 11.7. The number of aromatic nitrogens is 2. The summed E-state index contributed by atoms with van der Waals surface area (Å²) in [7, 11) is -3.61. The number of aryl methyl sites for hydroxylation is 2. The molecule has 0 aliphatic carbocycles. The second-order valence-electron chi connectivity index (χ2n) is 4.89. The molecule has 0 saturated heterocycles. The van der Waals surface area contributed by atoms with Gasteiger partial charge in [-0.05, 0) is 31.0 Å². The fourth-order valence-electron chi connectivity index (χ4n) is 2.03. The zero-order chi connectivity index (χ0) is 15.5. The number of rotatable bonds is 6. The second-order valence-corrected chi connectivity index (χ2v) is 6.60. The summed E-state index contributed by atoms with van der Waals surface area (Å²) in [6, 6.07) is 7.11. The molecule has 2 rings (SSSR count). The van der Waals surface area contributed by atoms with Crippen LogP contribution in [0.25, 0.3) is 0 Å². The number of hydrogen-bond acceptors (Lipinski definition) is 4. The average Bonchev–Trinajstić information content (AvgIpc) is 2.80. The van der Waals surface area contributed by atoms with Gasteiger partial charge in [-0.25, -0.2) is 18.1 Å². The summed E-state index contributed by atoms with van der Waals surface area (Å²) in [6.45, 7) is 4.77. The third-order valence-corrected chi connectivity index (χ3v) is 4.38. The molecule has 114 valence electrons. The minimum atomic E-state index is -3.61. The van der Waals surface area contributed by atoms with E-state index in [1.54, 1.807) is 31.3 Å². The van der Waals surface area contributed by atoms with Crippen LogP contribution in [0.1, 0.15) is 24.7 Å². The van der Waals surface area contributed by atoms with Crippen LogP contribution in [-0.4, -0.2) is 18.0 Å². The third kappa shape index (κ3) is 3.83. The number of nitrogens with zero attached hydrogens (tertiary/aromatic N) is 2. The number of nitrogens with two attached hydrogens (primary N) is 1. The maximum absolute atomic E-state index is 12.2. The van der Waals surface area contributed by atoms with Crippen LogP contribution >= 0.6 is 0 Å². The first kappa shape index (κ1) is 15.5. The quantitative estimate of drug-likeness (QED) is 0.794. The minimum Gasteiger partial charge on any atom is -0.399 e. The summed E-state index contributed by atoms with van der Waals surface area (Å²) < 4.78 is 28.9. The molecule has 0 bridgehead atoms. The molecule has 6 nitrogen and oxygen atoms in total. The molecular formula is C14H20N4O2S. The van der Waals surface area contributed by atoms with Gasteiger partial charge in [-0.2, -0.15) is 0 Å². The molecule has 21 heavy (non-hydrogen) atoms. The van der Waals surface area contributed by atoms with Crippen molar-refractivity contribution in [2.24, 2.45) is 0 Å². The summed E-state index contributed by atoms with van der Waals surface area (Å²) in [6.07, 6.45) is 2.49. The van der Waals surface area contributed by atoms with Crippen molar-refractivity contribution in [3.63, 3.8) is 0 Å². The topological polar surface area (TPSA) is 90.0 Å². The highest BCUT2D eigenvalue weighted by molar-refractivity contribution is 7.89. The molecule has 0 radical (unpaired) electrons. The van der Waals surface area contributed by atoms with E-state index in [9.17, 15) is 8.42 Å². The Labute approximate surface area is 125 Å². The van der Waals surface area contributed by atoms with Gasteiger partial charge in [0.25, 0.3) is 10.0 Å². The molecule has 0 saturated carbocycles. The molecule has 1 aromatic heterocycles. The monoisotopic (exact) mass is 308 g/mol. The van der Waals surface area contributed by atoms with E-state index in [0.717, 1.165) is 18.5 Å². The van der Waals surface area contributed by atoms with Gasteiger partial charge in [0.2, 0.25) is 0 Å². The van der Waals surface area contributed by atoms with Crippen molar-refractivity contribution in [2.75, 3.05) is 5.73 Å². The maximum atomic E-state index is 12.2.